The summed E-state index contributed by atoms with van der Waals surface area (Å²) in [6.07, 6.45) is 1.76. The molecule has 0 spiro atoms. The van der Waals surface area contributed by atoms with Crippen molar-refractivity contribution in [2.24, 2.45) is 0 Å². The molecular formula is C21H23N3O3. The number of ether oxygens (including phenoxy) is 1. The Hall–Kier alpha value is -3.15. The lowest BCUT2D eigenvalue weighted by molar-refractivity contribution is -0.130. The van der Waals surface area contributed by atoms with Crippen molar-refractivity contribution in [1.29, 1.82) is 0 Å². The predicted octanol–water partition coefficient (Wildman–Crippen LogP) is 2.76. The van der Waals surface area contributed by atoms with Crippen LogP contribution in [-0.4, -0.2) is 34.5 Å². The molecule has 1 aromatic heterocycles. The van der Waals surface area contributed by atoms with E-state index in [2.05, 4.69) is 4.98 Å². The summed E-state index contributed by atoms with van der Waals surface area (Å²) in [5, 5.41) is 0.580. The van der Waals surface area contributed by atoms with Gasteiger partial charge >= 0.3 is 0 Å². The van der Waals surface area contributed by atoms with Crippen LogP contribution in [0.2, 0.25) is 0 Å². The Labute approximate surface area is 158 Å². The van der Waals surface area contributed by atoms with Crippen LogP contribution in [0.4, 0.5) is 0 Å². The van der Waals surface area contributed by atoms with Crippen molar-refractivity contribution >= 4 is 16.8 Å². The van der Waals surface area contributed by atoms with Crippen molar-refractivity contribution < 1.29 is 9.53 Å². The summed E-state index contributed by atoms with van der Waals surface area (Å²) < 4.78 is 6.64. The van der Waals surface area contributed by atoms with E-state index >= 15 is 0 Å². The van der Waals surface area contributed by atoms with E-state index in [9.17, 15) is 9.59 Å². The number of carbonyl (C=O) groups is 1. The van der Waals surface area contributed by atoms with Gasteiger partial charge in [0.15, 0.2) is 0 Å². The standard InChI is InChI=1S/C21H23N3O3/c1-15-5-4-6-18-20(15)22-14-24(21(18)26)12-11-19(25)23(2)13-16-7-9-17(27-3)10-8-16/h4-10,14H,11-13H2,1-3H3. The van der Waals surface area contributed by atoms with Crippen LogP contribution >= 0.6 is 0 Å². The highest BCUT2D eigenvalue weighted by molar-refractivity contribution is 5.80. The fourth-order valence-electron chi connectivity index (χ4n) is 3.00. The lowest BCUT2D eigenvalue weighted by Gasteiger charge is -2.18. The van der Waals surface area contributed by atoms with E-state index in [1.54, 1.807) is 25.1 Å². The maximum atomic E-state index is 12.6. The van der Waals surface area contributed by atoms with Gasteiger partial charge in [-0.2, -0.15) is 0 Å². The number of methoxy groups -OCH3 is 1. The van der Waals surface area contributed by atoms with Crippen LogP contribution in [0.3, 0.4) is 0 Å². The molecule has 0 fully saturated rings. The van der Waals surface area contributed by atoms with Crippen molar-refractivity contribution in [2.45, 2.75) is 26.4 Å². The van der Waals surface area contributed by atoms with Crippen LogP contribution in [-0.2, 0) is 17.9 Å². The summed E-state index contributed by atoms with van der Waals surface area (Å²) in [6, 6.07) is 13.2. The number of rotatable bonds is 6. The van der Waals surface area contributed by atoms with E-state index in [0.717, 1.165) is 16.9 Å². The van der Waals surface area contributed by atoms with Crippen LogP contribution < -0.4 is 10.3 Å². The normalized spacial score (nSPS) is 10.8. The van der Waals surface area contributed by atoms with Gasteiger partial charge < -0.3 is 9.64 Å². The minimum atomic E-state index is -0.116. The third-order valence-electron chi connectivity index (χ3n) is 4.63. The Bertz CT molecular complexity index is 1010. The topological polar surface area (TPSA) is 64.4 Å². The first kappa shape index (κ1) is 18.6. The van der Waals surface area contributed by atoms with Crippen LogP contribution in [0.1, 0.15) is 17.5 Å². The summed E-state index contributed by atoms with van der Waals surface area (Å²) >= 11 is 0. The number of carbonyl (C=O) groups excluding carboxylic acids is 1. The second-order valence-electron chi connectivity index (χ2n) is 6.56. The van der Waals surface area contributed by atoms with E-state index < -0.39 is 0 Å². The van der Waals surface area contributed by atoms with Crippen molar-refractivity contribution in [2.75, 3.05) is 14.2 Å². The fourth-order valence-corrected chi connectivity index (χ4v) is 3.00. The summed E-state index contributed by atoms with van der Waals surface area (Å²) in [7, 11) is 3.38. The number of aryl methyl sites for hydroxylation is 2. The zero-order chi connectivity index (χ0) is 19.4. The molecule has 0 aliphatic carbocycles. The fraction of sp³-hybridized carbons (Fsp3) is 0.286. The van der Waals surface area contributed by atoms with Gasteiger partial charge in [-0.15, -0.1) is 0 Å². The van der Waals surface area contributed by atoms with Gasteiger partial charge in [-0.1, -0.05) is 24.3 Å². The molecule has 0 atom stereocenters. The first-order valence-electron chi connectivity index (χ1n) is 8.81. The van der Waals surface area contributed by atoms with Gasteiger partial charge in [0.25, 0.3) is 5.56 Å². The molecule has 6 heteroatoms. The van der Waals surface area contributed by atoms with E-state index in [4.69, 9.17) is 4.74 Å². The molecule has 0 aliphatic rings. The average Bonchev–Trinajstić information content (AvgIpc) is 2.68. The average molecular weight is 365 g/mol. The van der Waals surface area contributed by atoms with Crippen molar-refractivity contribution in [3.63, 3.8) is 0 Å². The minimum Gasteiger partial charge on any atom is -0.497 e. The van der Waals surface area contributed by atoms with Crippen molar-refractivity contribution in [3.8, 4) is 5.75 Å². The largest absolute Gasteiger partial charge is 0.497 e. The highest BCUT2D eigenvalue weighted by atomic mass is 16.5. The first-order valence-corrected chi connectivity index (χ1v) is 8.81. The summed E-state index contributed by atoms with van der Waals surface area (Å²) in [4.78, 5) is 31.1. The van der Waals surface area contributed by atoms with E-state index in [1.807, 2.05) is 43.3 Å². The molecule has 0 unspecified atom stereocenters. The van der Waals surface area contributed by atoms with Gasteiger partial charge in [0.05, 0.1) is 24.3 Å². The van der Waals surface area contributed by atoms with Crippen LogP contribution in [0, 0.1) is 6.92 Å². The molecule has 3 aromatic rings. The third kappa shape index (κ3) is 4.16. The van der Waals surface area contributed by atoms with Gasteiger partial charge in [0.1, 0.15) is 5.75 Å². The highest BCUT2D eigenvalue weighted by Gasteiger charge is 2.11. The Balaban J connectivity index is 1.65. The molecule has 0 bridgehead atoms. The molecule has 3 rings (SSSR count). The monoisotopic (exact) mass is 365 g/mol. The Morgan fingerprint density at radius 3 is 2.63 bits per heavy atom. The van der Waals surface area contributed by atoms with Gasteiger partial charge in [-0.05, 0) is 36.2 Å². The molecule has 0 saturated heterocycles. The van der Waals surface area contributed by atoms with Gasteiger partial charge in [-0.25, -0.2) is 4.98 Å². The number of hydrogen-bond acceptors (Lipinski definition) is 4. The molecule has 2 aromatic carbocycles. The summed E-state index contributed by atoms with van der Waals surface area (Å²) in [5.41, 5.74) is 2.58. The Morgan fingerprint density at radius 2 is 1.93 bits per heavy atom. The van der Waals surface area contributed by atoms with Gasteiger partial charge in [-0.3, -0.25) is 14.2 Å². The summed E-state index contributed by atoms with van der Waals surface area (Å²) in [5.74, 6) is 0.758. The van der Waals surface area contributed by atoms with Crippen LogP contribution in [0.15, 0.2) is 53.6 Å². The Morgan fingerprint density at radius 1 is 1.19 bits per heavy atom. The predicted molar refractivity (Wildman–Crippen MR) is 105 cm³/mol. The zero-order valence-electron chi connectivity index (χ0n) is 15.8. The van der Waals surface area contributed by atoms with E-state index in [1.165, 1.54) is 10.9 Å². The first-order chi connectivity index (χ1) is 13.0. The molecule has 27 heavy (non-hydrogen) atoms. The third-order valence-corrected chi connectivity index (χ3v) is 4.63. The molecule has 140 valence electrons. The van der Waals surface area contributed by atoms with E-state index in [-0.39, 0.29) is 17.9 Å². The number of nitrogens with zero attached hydrogens (tertiary/aromatic N) is 3. The van der Waals surface area contributed by atoms with Gasteiger partial charge in [0, 0.05) is 26.6 Å². The maximum Gasteiger partial charge on any atom is 0.261 e. The zero-order valence-corrected chi connectivity index (χ0v) is 15.8. The number of fused-ring (bicyclic) bond motifs is 1. The number of aromatic nitrogens is 2. The second kappa shape index (κ2) is 8.03. The van der Waals surface area contributed by atoms with E-state index in [0.29, 0.717) is 24.0 Å². The highest BCUT2D eigenvalue weighted by Crippen LogP contribution is 2.13. The number of benzene rings is 2. The Kier molecular flexibility index (Phi) is 5.54. The number of hydrogen-bond donors (Lipinski definition) is 0. The molecule has 1 amide bonds. The quantitative estimate of drug-likeness (QED) is 0.674. The van der Waals surface area contributed by atoms with Crippen molar-refractivity contribution in [3.05, 3.63) is 70.3 Å². The minimum absolute atomic E-state index is 0.0259. The lowest BCUT2D eigenvalue weighted by atomic mass is 10.1. The smallest absolute Gasteiger partial charge is 0.261 e. The summed E-state index contributed by atoms with van der Waals surface area (Å²) in [6.45, 7) is 2.74. The second-order valence-corrected chi connectivity index (χ2v) is 6.56. The SMILES string of the molecule is COc1ccc(CN(C)C(=O)CCn2cnc3c(C)cccc3c2=O)cc1. The molecule has 0 aliphatic heterocycles. The number of para-hydroxylation sites is 1. The maximum absolute atomic E-state index is 12.6. The molecular weight excluding hydrogens is 342 g/mol. The van der Waals surface area contributed by atoms with Gasteiger partial charge in [0.2, 0.25) is 5.91 Å². The molecule has 6 nitrogen and oxygen atoms in total. The molecule has 0 saturated carbocycles. The molecule has 0 N–H and O–H groups in total. The van der Waals surface area contributed by atoms with Crippen LogP contribution in [0.5, 0.6) is 5.75 Å². The molecule has 1 heterocycles. The molecule has 0 radical (unpaired) electrons. The number of amides is 1. The van der Waals surface area contributed by atoms with Crippen molar-refractivity contribution in [1.82, 2.24) is 14.5 Å². The van der Waals surface area contributed by atoms with Crippen LogP contribution in [0.25, 0.3) is 10.9 Å². The lowest BCUT2D eigenvalue weighted by Crippen LogP contribution is -2.29.